The fraction of sp³-hybridized carbons (Fsp3) is 0.429. The summed E-state index contributed by atoms with van der Waals surface area (Å²) in [5.41, 5.74) is 0.639. The van der Waals surface area contributed by atoms with Crippen LogP contribution in [0.15, 0.2) is 48.5 Å². The van der Waals surface area contributed by atoms with Gasteiger partial charge in [-0.25, -0.2) is 19.2 Å². The molecule has 0 bridgehead atoms. The molecule has 0 heterocycles. The SMILES string of the molecule is CCOC(=O)C(Nc1ccccc1OC(C)Oc1ccccc1NC(C(=O)OCC)C(=O)OCC)C(=O)OCC. The number of ether oxygens (including phenoxy) is 6. The summed E-state index contributed by atoms with van der Waals surface area (Å²) in [5.74, 6) is -2.63. The first kappa shape index (κ1) is 31.7. The van der Waals surface area contributed by atoms with E-state index in [0.29, 0.717) is 11.4 Å². The lowest BCUT2D eigenvalue weighted by Gasteiger charge is -2.23. The normalized spacial score (nSPS) is 10.6. The molecule has 0 saturated heterocycles. The minimum atomic E-state index is -1.41. The van der Waals surface area contributed by atoms with Crippen molar-refractivity contribution in [3.8, 4) is 11.5 Å². The van der Waals surface area contributed by atoms with Gasteiger partial charge in [0.1, 0.15) is 11.5 Å². The molecule has 0 spiro atoms. The van der Waals surface area contributed by atoms with Gasteiger partial charge in [-0.3, -0.25) is 0 Å². The Morgan fingerprint density at radius 1 is 0.575 bits per heavy atom. The number of rotatable bonds is 16. The van der Waals surface area contributed by atoms with Crippen molar-refractivity contribution in [2.24, 2.45) is 0 Å². The Bertz CT molecular complexity index is 1020. The summed E-state index contributed by atoms with van der Waals surface area (Å²) in [7, 11) is 0. The van der Waals surface area contributed by atoms with Crippen LogP contribution in [0.5, 0.6) is 11.5 Å². The molecule has 0 atom stereocenters. The third kappa shape index (κ3) is 9.37. The van der Waals surface area contributed by atoms with E-state index in [4.69, 9.17) is 28.4 Å². The Hall–Kier alpha value is -4.48. The van der Waals surface area contributed by atoms with E-state index in [1.54, 1.807) is 83.1 Å². The van der Waals surface area contributed by atoms with Crippen LogP contribution in [0.1, 0.15) is 34.6 Å². The van der Waals surface area contributed by atoms with Crippen LogP contribution in [0.3, 0.4) is 0 Å². The number of benzene rings is 2. The van der Waals surface area contributed by atoms with E-state index >= 15 is 0 Å². The smallest absolute Gasteiger partial charge is 0.340 e. The first-order chi connectivity index (χ1) is 19.2. The number of carbonyl (C=O) groups is 4. The molecule has 0 aliphatic carbocycles. The second-order valence-corrected chi connectivity index (χ2v) is 7.96. The number of hydrogen-bond donors (Lipinski definition) is 2. The van der Waals surface area contributed by atoms with E-state index in [0.717, 1.165) is 0 Å². The van der Waals surface area contributed by atoms with E-state index in [1.807, 2.05) is 0 Å². The average Bonchev–Trinajstić information content (AvgIpc) is 2.92. The highest BCUT2D eigenvalue weighted by atomic mass is 16.7. The van der Waals surface area contributed by atoms with Crippen LogP contribution < -0.4 is 20.1 Å². The summed E-state index contributed by atoms with van der Waals surface area (Å²) in [6, 6.07) is 10.5. The minimum Gasteiger partial charge on any atom is -0.464 e. The van der Waals surface area contributed by atoms with Crippen LogP contribution in [0.2, 0.25) is 0 Å². The van der Waals surface area contributed by atoms with Crippen molar-refractivity contribution in [2.75, 3.05) is 37.1 Å². The van der Waals surface area contributed by atoms with Crippen LogP contribution in [-0.2, 0) is 38.1 Å². The van der Waals surface area contributed by atoms with Crippen LogP contribution in [0.25, 0.3) is 0 Å². The number of para-hydroxylation sites is 4. The predicted octanol–water partition coefficient (Wildman–Crippen LogP) is 3.30. The van der Waals surface area contributed by atoms with Crippen molar-refractivity contribution >= 4 is 35.3 Å². The van der Waals surface area contributed by atoms with Gasteiger partial charge < -0.3 is 39.1 Å². The van der Waals surface area contributed by atoms with Crippen molar-refractivity contribution in [3.05, 3.63) is 48.5 Å². The number of carbonyl (C=O) groups excluding carboxylic acids is 4. The topological polar surface area (TPSA) is 148 Å². The third-order valence-corrected chi connectivity index (χ3v) is 5.05. The van der Waals surface area contributed by atoms with Gasteiger partial charge >= 0.3 is 23.9 Å². The molecule has 0 saturated carbocycles. The zero-order chi connectivity index (χ0) is 29.5. The van der Waals surface area contributed by atoms with Gasteiger partial charge in [-0.2, -0.15) is 0 Å². The Balaban J connectivity index is 2.23. The summed E-state index contributed by atoms with van der Waals surface area (Å²) < 4.78 is 32.0. The maximum Gasteiger partial charge on any atom is 0.340 e. The van der Waals surface area contributed by atoms with E-state index in [9.17, 15) is 19.2 Å². The molecule has 2 aromatic rings. The van der Waals surface area contributed by atoms with E-state index < -0.39 is 42.3 Å². The lowest BCUT2D eigenvalue weighted by atomic mass is 10.2. The molecule has 0 unspecified atom stereocenters. The highest BCUT2D eigenvalue weighted by molar-refractivity contribution is 6.03. The second-order valence-electron chi connectivity index (χ2n) is 7.96. The molecule has 2 rings (SSSR count). The number of anilines is 2. The van der Waals surface area contributed by atoms with Gasteiger partial charge in [-0.15, -0.1) is 0 Å². The molecule has 2 N–H and O–H groups in total. The van der Waals surface area contributed by atoms with E-state index in [2.05, 4.69) is 10.6 Å². The zero-order valence-electron chi connectivity index (χ0n) is 23.3. The first-order valence-electron chi connectivity index (χ1n) is 13.0. The summed E-state index contributed by atoms with van der Waals surface area (Å²) >= 11 is 0. The zero-order valence-corrected chi connectivity index (χ0v) is 23.3. The van der Waals surface area contributed by atoms with Crippen LogP contribution in [0.4, 0.5) is 11.4 Å². The maximum absolute atomic E-state index is 12.4. The molecule has 40 heavy (non-hydrogen) atoms. The van der Waals surface area contributed by atoms with Crippen molar-refractivity contribution in [2.45, 2.75) is 53.0 Å². The van der Waals surface area contributed by atoms with Gasteiger partial charge in [-0.1, -0.05) is 24.3 Å². The third-order valence-electron chi connectivity index (χ3n) is 5.05. The Kier molecular flexibility index (Phi) is 13.1. The van der Waals surface area contributed by atoms with Gasteiger partial charge in [0.15, 0.2) is 0 Å². The Morgan fingerprint density at radius 3 is 1.18 bits per heavy atom. The minimum absolute atomic E-state index is 0.0834. The predicted molar refractivity (Wildman–Crippen MR) is 145 cm³/mol. The van der Waals surface area contributed by atoms with Crippen molar-refractivity contribution in [3.63, 3.8) is 0 Å². The first-order valence-corrected chi connectivity index (χ1v) is 13.0. The van der Waals surface area contributed by atoms with E-state index in [1.165, 1.54) is 0 Å². The van der Waals surface area contributed by atoms with Gasteiger partial charge in [0.25, 0.3) is 0 Å². The lowest BCUT2D eigenvalue weighted by molar-refractivity contribution is -0.157. The Labute approximate surface area is 233 Å². The van der Waals surface area contributed by atoms with Crippen LogP contribution >= 0.6 is 0 Å². The largest absolute Gasteiger partial charge is 0.464 e. The molecular weight excluding hydrogens is 524 g/mol. The molecule has 0 radical (unpaired) electrons. The van der Waals surface area contributed by atoms with Crippen LogP contribution in [-0.4, -0.2) is 68.7 Å². The van der Waals surface area contributed by atoms with E-state index in [-0.39, 0.29) is 37.9 Å². The number of esters is 4. The van der Waals surface area contributed by atoms with Crippen molar-refractivity contribution in [1.82, 2.24) is 0 Å². The molecule has 0 amide bonds. The van der Waals surface area contributed by atoms with Gasteiger partial charge in [0, 0.05) is 6.92 Å². The van der Waals surface area contributed by atoms with Crippen molar-refractivity contribution in [1.29, 1.82) is 0 Å². The molecule has 0 aliphatic rings. The van der Waals surface area contributed by atoms with Crippen LogP contribution in [0, 0.1) is 0 Å². The lowest BCUT2D eigenvalue weighted by Crippen LogP contribution is -2.40. The number of hydrogen-bond acceptors (Lipinski definition) is 12. The highest BCUT2D eigenvalue weighted by Gasteiger charge is 2.32. The standard InChI is InChI=1S/C28H36N2O10/c1-6-35-25(31)23(26(32)36-7-2)29-19-14-10-12-16-21(19)39-18(5)40-22-17-13-11-15-20(22)30-24(27(33)37-8-3)28(34)38-9-4/h10-18,23-24,29-30H,6-9H2,1-5H3. The van der Waals surface area contributed by atoms with Gasteiger partial charge in [0.05, 0.1) is 37.8 Å². The molecule has 0 fully saturated rings. The van der Waals surface area contributed by atoms with Gasteiger partial charge in [-0.05, 0) is 52.0 Å². The molecule has 218 valence electrons. The fourth-order valence-corrected chi connectivity index (χ4v) is 3.40. The quantitative estimate of drug-likeness (QED) is 0.134. The molecule has 0 aromatic heterocycles. The Morgan fingerprint density at radius 2 is 0.875 bits per heavy atom. The average molecular weight is 561 g/mol. The van der Waals surface area contributed by atoms with Crippen molar-refractivity contribution < 1.29 is 47.6 Å². The molecule has 12 nitrogen and oxygen atoms in total. The summed E-state index contributed by atoms with van der Waals surface area (Å²) in [4.78, 5) is 49.7. The van der Waals surface area contributed by atoms with Gasteiger partial charge in [0.2, 0.25) is 18.4 Å². The second kappa shape index (κ2) is 16.5. The molecule has 0 aliphatic heterocycles. The monoisotopic (exact) mass is 560 g/mol. The number of nitrogens with one attached hydrogen (secondary N) is 2. The molecule has 12 heteroatoms. The summed E-state index contributed by atoms with van der Waals surface area (Å²) in [5, 5.41) is 5.66. The summed E-state index contributed by atoms with van der Waals surface area (Å²) in [6.07, 6.45) is -0.904. The summed E-state index contributed by atoms with van der Waals surface area (Å²) in [6.45, 7) is 8.47. The maximum atomic E-state index is 12.4. The molecule has 2 aromatic carbocycles. The fourth-order valence-electron chi connectivity index (χ4n) is 3.40. The highest BCUT2D eigenvalue weighted by Crippen LogP contribution is 2.29. The molecular formula is C28H36N2O10.